The second-order valence-electron chi connectivity index (χ2n) is 7.84. The summed E-state index contributed by atoms with van der Waals surface area (Å²) < 4.78 is 0. The lowest BCUT2D eigenvalue weighted by Gasteiger charge is -2.57. The van der Waals surface area contributed by atoms with Gasteiger partial charge >= 0.3 is 0 Å². The SMILES string of the molecule is CCC1(C)CC2(C)CCCC(NC(=O)CSC(=N)N)(C1)C2. The monoisotopic (exact) mass is 311 g/mol. The van der Waals surface area contributed by atoms with Gasteiger partial charge in [-0.05, 0) is 42.9 Å². The Kier molecular flexibility index (Phi) is 4.62. The molecule has 4 N–H and O–H groups in total. The number of fused-ring (bicyclic) bond motifs is 2. The van der Waals surface area contributed by atoms with E-state index >= 15 is 0 Å². The Balaban J connectivity index is 2.11. The maximum Gasteiger partial charge on any atom is 0.230 e. The first kappa shape index (κ1) is 16.7. The molecular weight excluding hydrogens is 282 g/mol. The number of amides is 1. The summed E-state index contributed by atoms with van der Waals surface area (Å²) in [5.74, 6) is 0.288. The summed E-state index contributed by atoms with van der Waals surface area (Å²) in [6, 6.07) is 0. The van der Waals surface area contributed by atoms with Crippen LogP contribution in [0.15, 0.2) is 0 Å². The number of hydrogen-bond acceptors (Lipinski definition) is 3. The van der Waals surface area contributed by atoms with Crippen molar-refractivity contribution in [2.24, 2.45) is 16.6 Å². The minimum absolute atomic E-state index is 0.0122. The first-order chi connectivity index (χ1) is 9.70. The molecule has 0 saturated heterocycles. The maximum absolute atomic E-state index is 12.2. The highest BCUT2D eigenvalue weighted by Crippen LogP contribution is 2.58. The summed E-state index contributed by atoms with van der Waals surface area (Å²) in [7, 11) is 0. The van der Waals surface area contributed by atoms with Crippen LogP contribution in [0.5, 0.6) is 0 Å². The number of nitrogens with one attached hydrogen (secondary N) is 2. The van der Waals surface area contributed by atoms with Crippen LogP contribution in [-0.4, -0.2) is 22.4 Å². The quantitative estimate of drug-likeness (QED) is 0.551. The van der Waals surface area contributed by atoms with Crippen LogP contribution >= 0.6 is 11.8 Å². The largest absolute Gasteiger partial charge is 0.379 e. The normalized spacial score (nSPS) is 38.8. The van der Waals surface area contributed by atoms with Crippen LogP contribution in [0, 0.1) is 16.2 Å². The maximum atomic E-state index is 12.2. The lowest BCUT2D eigenvalue weighted by Crippen LogP contribution is -2.60. The van der Waals surface area contributed by atoms with Crippen LogP contribution in [0.4, 0.5) is 0 Å². The number of nitrogens with two attached hydrogens (primary N) is 1. The second-order valence-corrected chi connectivity index (χ2v) is 8.86. The van der Waals surface area contributed by atoms with Gasteiger partial charge in [-0.25, -0.2) is 0 Å². The standard InChI is InChI=1S/C16H29N3OS/c1-4-14(2)9-15(3)6-5-7-16(10-14,11-15)19-12(20)8-21-13(17)18/h4-11H2,1-3H3,(H3,17,18)(H,19,20). The average molecular weight is 311 g/mol. The molecule has 3 unspecified atom stereocenters. The summed E-state index contributed by atoms with van der Waals surface area (Å²) >= 11 is 1.11. The summed E-state index contributed by atoms with van der Waals surface area (Å²) in [5, 5.41) is 10.6. The second kappa shape index (κ2) is 5.82. The molecule has 2 aliphatic rings. The van der Waals surface area contributed by atoms with Gasteiger partial charge in [-0.3, -0.25) is 10.2 Å². The number of rotatable bonds is 4. The smallest absolute Gasteiger partial charge is 0.230 e. The molecular formula is C16H29N3OS. The van der Waals surface area contributed by atoms with E-state index in [0.29, 0.717) is 10.8 Å². The molecule has 21 heavy (non-hydrogen) atoms. The van der Waals surface area contributed by atoms with Gasteiger partial charge in [0.1, 0.15) is 0 Å². The van der Waals surface area contributed by atoms with E-state index in [2.05, 4.69) is 26.1 Å². The molecule has 5 heteroatoms. The number of hydrogen-bond donors (Lipinski definition) is 3. The zero-order valence-corrected chi connectivity index (χ0v) is 14.4. The predicted octanol–water partition coefficient (Wildman–Crippen LogP) is 3.26. The molecule has 4 nitrogen and oxygen atoms in total. The highest BCUT2D eigenvalue weighted by molar-refractivity contribution is 8.14. The molecule has 0 spiro atoms. The van der Waals surface area contributed by atoms with E-state index in [1.807, 2.05) is 0 Å². The number of thioether (sulfide) groups is 1. The van der Waals surface area contributed by atoms with Crippen molar-refractivity contribution >= 4 is 22.8 Å². The highest BCUT2D eigenvalue weighted by Gasteiger charge is 2.52. The molecule has 2 saturated carbocycles. The molecule has 2 rings (SSSR count). The fourth-order valence-corrected chi connectivity index (χ4v) is 5.29. The molecule has 120 valence electrons. The summed E-state index contributed by atoms with van der Waals surface area (Å²) in [6.07, 6.45) is 8.21. The Morgan fingerprint density at radius 3 is 2.62 bits per heavy atom. The summed E-state index contributed by atoms with van der Waals surface area (Å²) in [5.41, 5.74) is 5.98. The molecule has 2 fully saturated rings. The fourth-order valence-electron chi connectivity index (χ4n) is 4.93. The van der Waals surface area contributed by atoms with Crippen LogP contribution in [0.1, 0.15) is 65.7 Å². The third-order valence-electron chi connectivity index (χ3n) is 5.44. The molecule has 0 aliphatic heterocycles. The average Bonchev–Trinajstić information content (AvgIpc) is 2.34. The minimum atomic E-state index is -0.0373. The lowest BCUT2D eigenvalue weighted by atomic mass is 9.51. The van der Waals surface area contributed by atoms with Gasteiger partial charge in [0.2, 0.25) is 5.91 Å². The Labute approximate surface area is 132 Å². The van der Waals surface area contributed by atoms with Gasteiger partial charge in [-0.15, -0.1) is 0 Å². The molecule has 0 heterocycles. The number of carbonyl (C=O) groups is 1. The molecule has 2 bridgehead atoms. The van der Waals surface area contributed by atoms with Crippen molar-refractivity contribution in [2.45, 2.75) is 71.3 Å². The van der Waals surface area contributed by atoms with E-state index in [1.54, 1.807) is 0 Å². The van der Waals surface area contributed by atoms with E-state index in [4.69, 9.17) is 11.1 Å². The predicted molar refractivity (Wildman–Crippen MR) is 89.5 cm³/mol. The van der Waals surface area contributed by atoms with E-state index in [9.17, 15) is 4.79 Å². The first-order valence-electron chi connectivity index (χ1n) is 7.98. The fraction of sp³-hybridized carbons (Fsp3) is 0.875. The van der Waals surface area contributed by atoms with Gasteiger partial charge in [-0.2, -0.15) is 0 Å². The van der Waals surface area contributed by atoms with Crippen LogP contribution in [0.3, 0.4) is 0 Å². The molecule has 0 radical (unpaired) electrons. The summed E-state index contributed by atoms with van der Waals surface area (Å²) in [6.45, 7) is 7.04. The van der Waals surface area contributed by atoms with Crippen molar-refractivity contribution < 1.29 is 4.79 Å². The van der Waals surface area contributed by atoms with E-state index < -0.39 is 0 Å². The Morgan fingerprint density at radius 1 is 1.29 bits per heavy atom. The molecule has 0 aromatic carbocycles. The highest BCUT2D eigenvalue weighted by atomic mass is 32.2. The van der Waals surface area contributed by atoms with Crippen LogP contribution in [0.2, 0.25) is 0 Å². The Hall–Kier alpha value is -0.710. The molecule has 1 amide bonds. The van der Waals surface area contributed by atoms with Gasteiger partial charge in [-0.1, -0.05) is 45.4 Å². The van der Waals surface area contributed by atoms with Crippen molar-refractivity contribution in [2.75, 3.05) is 5.75 Å². The first-order valence-corrected chi connectivity index (χ1v) is 8.96. The number of amidine groups is 1. The van der Waals surface area contributed by atoms with E-state index in [-0.39, 0.29) is 22.4 Å². The van der Waals surface area contributed by atoms with Crippen LogP contribution in [0.25, 0.3) is 0 Å². The van der Waals surface area contributed by atoms with Crippen molar-refractivity contribution in [3.63, 3.8) is 0 Å². The van der Waals surface area contributed by atoms with Gasteiger partial charge < -0.3 is 11.1 Å². The Bertz CT molecular complexity index is 439. The van der Waals surface area contributed by atoms with Crippen molar-refractivity contribution in [3.8, 4) is 0 Å². The summed E-state index contributed by atoms with van der Waals surface area (Å²) in [4.78, 5) is 12.2. The van der Waals surface area contributed by atoms with E-state index in [0.717, 1.165) is 31.0 Å². The Morgan fingerprint density at radius 2 is 2.00 bits per heavy atom. The van der Waals surface area contributed by atoms with Gasteiger partial charge in [0.15, 0.2) is 5.17 Å². The van der Waals surface area contributed by atoms with Crippen molar-refractivity contribution in [1.82, 2.24) is 5.32 Å². The van der Waals surface area contributed by atoms with Crippen LogP contribution < -0.4 is 11.1 Å². The molecule has 0 aromatic heterocycles. The molecule has 0 aromatic rings. The zero-order chi connectivity index (χ0) is 15.7. The van der Waals surface area contributed by atoms with Crippen LogP contribution in [-0.2, 0) is 4.79 Å². The number of carbonyl (C=O) groups excluding carboxylic acids is 1. The zero-order valence-electron chi connectivity index (χ0n) is 13.6. The molecule has 2 aliphatic carbocycles. The third kappa shape index (κ3) is 3.93. The lowest BCUT2D eigenvalue weighted by molar-refractivity contribution is -0.124. The minimum Gasteiger partial charge on any atom is -0.379 e. The van der Waals surface area contributed by atoms with Gasteiger partial charge in [0.25, 0.3) is 0 Å². The molecule has 3 atom stereocenters. The van der Waals surface area contributed by atoms with Crippen molar-refractivity contribution in [1.29, 1.82) is 5.41 Å². The van der Waals surface area contributed by atoms with Gasteiger partial charge in [0.05, 0.1) is 5.75 Å². The topological polar surface area (TPSA) is 79.0 Å². The van der Waals surface area contributed by atoms with Gasteiger partial charge in [0, 0.05) is 5.54 Å². The van der Waals surface area contributed by atoms with Crippen molar-refractivity contribution in [3.05, 3.63) is 0 Å². The third-order valence-corrected chi connectivity index (χ3v) is 6.15. The van der Waals surface area contributed by atoms with E-state index in [1.165, 1.54) is 25.7 Å².